The van der Waals surface area contributed by atoms with Crippen LogP contribution in [0.1, 0.15) is 29.5 Å². The number of allylic oxidation sites excluding steroid dienone is 1. The SMILES string of the molecule is C=C[C@]1(C)[C@H](Cl)Cc2cc(C)c3[nH]c4ccccc4c3c2[C@@H]1C#N. The molecule has 0 unspecified atom stereocenters. The maximum atomic E-state index is 9.99. The summed E-state index contributed by atoms with van der Waals surface area (Å²) >= 11 is 6.69. The zero-order valence-electron chi connectivity index (χ0n) is 13.9. The molecule has 0 saturated carbocycles. The van der Waals surface area contributed by atoms with E-state index in [4.69, 9.17) is 11.6 Å². The molecule has 24 heavy (non-hydrogen) atoms. The maximum absolute atomic E-state index is 9.99. The Balaban J connectivity index is 2.19. The van der Waals surface area contributed by atoms with Crippen LogP contribution in [0, 0.1) is 23.7 Å². The van der Waals surface area contributed by atoms with E-state index in [1.165, 1.54) is 21.9 Å². The zero-order valence-corrected chi connectivity index (χ0v) is 14.6. The van der Waals surface area contributed by atoms with Crippen LogP contribution in [-0.2, 0) is 6.42 Å². The molecule has 120 valence electrons. The Morgan fingerprint density at radius 1 is 1.42 bits per heavy atom. The second kappa shape index (κ2) is 5.13. The molecule has 3 aromatic rings. The first kappa shape index (κ1) is 15.3. The number of fused-ring (bicyclic) bond motifs is 5. The van der Waals surface area contributed by atoms with E-state index in [1.54, 1.807) is 0 Å². The average molecular weight is 335 g/mol. The van der Waals surface area contributed by atoms with Crippen molar-refractivity contribution in [3.8, 4) is 6.07 Å². The Morgan fingerprint density at radius 2 is 2.17 bits per heavy atom. The number of aromatic amines is 1. The highest BCUT2D eigenvalue weighted by atomic mass is 35.5. The lowest BCUT2D eigenvalue weighted by atomic mass is 9.64. The van der Waals surface area contributed by atoms with Gasteiger partial charge in [-0.2, -0.15) is 5.26 Å². The summed E-state index contributed by atoms with van der Waals surface area (Å²) in [4.78, 5) is 3.53. The van der Waals surface area contributed by atoms with Crippen molar-refractivity contribution in [1.29, 1.82) is 5.26 Å². The van der Waals surface area contributed by atoms with E-state index in [0.717, 1.165) is 23.0 Å². The Kier molecular flexibility index (Phi) is 3.27. The van der Waals surface area contributed by atoms with Crippen molar-refractivity contribution in [3.05, 3.63) is 59.7 Å². The van der Waals surface area contributed by atoms with E-state index in [9.17, 15) is 5.26 Å². The van der Waals surface area contributed by atoms with Gasteiger partial charge in [0.2, 0.25) is 0 Å². The molecule has 1 N–H and O–H groups in total. The lowest BCUT2D eigenvalue weighted by molar-refractivity contribution is 0.345. The number of hydrogen-bond acceptors (Lipinski definition) is 1. The number of halogens is 1. The Hall–Kier alpha value is -2.24. The van der Waals surface area contributed by atoms with Gasteiger partial charge in [0.05, 0.1) is 12.0 Å². The third-order valence-corrected chi connectivity index (χ3v) is 6.28. The van der Waals surface area contributed by atoms with Gasteiger partial charge in [-0.1, -0.05) is 37.3 Å². The van der Waals surface area contributed by atoms with Crippen LogP contribution in [0.5, 0.6) is 0 Å². The summed E-state index contributed by atoms with van der Waals surface area (Å²) in [6.45, 7) is 8.15. The van der Waals surface area contributed by atoms with Crippen LogP contribution in [0.2, 0.25) is 0 Å². The summed E-state index contributed by atoms with van der Waals surface area (Å²) in [6, 6.07) is 13.0. The van der Waals surface area contributed by atoms with Gasteiger partial charge >= 0.3 is 0 Å². The number of nitriles is 1. The molecule has 0 amide bonds. The van der Waals surface area contributed by atoms with Crippen molar-refractivity contribution in [1.82, 2.24) is 4.98 Å². The lowest BCUT2D eigenvalue weighted by Gasteiger charge is -2.41. The normalized spacial score (nSPS) is 26.2. The van der Waals surface area contributed by atoms with Gasteiger partial charge in [-0.25, -0.2) is 0 Å². The second-order valence-corrected chi connectivity index (χ2v) is 7.52. The fraction of sp³-hybridized carbons (Fsp3) is 0.286. The number of para-hydroxylation sites is 1. The Bertz CT molecular complexity index is 1020. The highest BCUT2D eigenvalue weighted by Crippen LogP contribution is 2.51. The van der Waals surface area contributed by atoms with Gasteiger partial charge in [-0.15, -0.1) is 18.2 Å². The summed E-state index contributed by atoms with van der Waals surface area (Å²) in [5, 5.41) is 12.2. The van der Waals surface area contributed by atoms with Gasteiger partial charge in [-0.3, -0.25) is 0 Å². The van der Waals surface area contributed by atoms with Crippen molar-refractivity contribution in [3.63, 3.8) is 0 Å². The van der Waals surface area contributed by atoms with Crippen LogP contribution in [0.25, 0.3) is 21.8 Å². The molecule has 0 aliphatic heterocycles. The number of benzene rings is 2. The predicted octanol–water partition coefficient (Wildman–Crippen LogP) is 5.59. The number of rotatable bonds is 1. The molecule has 3 heteroatoms. The van der Waals surface area contributed by atoms with Gasteiger partial charge in [0, 0.05) is 32.6 Å². The third kappa shape index (κ3) is 1.82. The van der Waals surface area contributed by atoms with Gasteiger partial charge in [0.15, 0.2) is 0 Å². The fourth-order valence-corrected chi connectivity index (χ4v) is 4.52. The molecule has 4 rings (SSSR count). The van der Waals surface area contributed by atoms with Crippen molar-refractivity contribution < 1.29 is 0 Å². The minimum Gasteiger partial charge on any atom is -0.354 e. The zero-order chi connectivity index (χ0) is 17.1. The van der Waals surface area contributed by atoms with Crippen molar-refractivity contribution in [2.45, 2.75) is 31.6 Å². The Morgan fingerprint density at radius 3 is 2.88 bits per heavy atom. The number of aryl methyl sites for hydroxylation is 1. The standard InChI is InChI=1S/C21H19ClN2/c1-4-21(3)15(11-23)18-13(10-17(21)22)9-12(2)20-19(18)14-7-5-6-8-16(14)24-20/h4-9,15,17,24H,1,10H2,2-3H3/t15-,17+,21-/m0/s1. The highest BCUT2D eigenvalue weighted by molar-refractivity contribution is 6.22. The van der Waals surface area contributed by atoms with Gasteiger partial charge in [0.25, 0.3) is 0 Å². The first-order chi connectivity index (χ1) is 11.5. The fourth-order valence-electron chi connectivity index (χ4n) is 4.14. The molecule has 2 aromatic carbocycles. The van der Waals surface area contributed by atoms with Gasteiger partial charge < -0.3 is 4.98 Å². The number of alkyl halides is 1. The second-order valence-electron chi connectivity index (χ2n) is 6.99. The van der Waals surface area contributed by atoms with E-state index < -0.39 is 5.41 Å². The smallest absolute Gasteiger partial charge is 0.0824 e. The van der Waals surface area contributed by atoms with Crippen molar-refractivity contribution >= 4 is 33.4 Å². The average Bonchev–Trinajstić information content (AvgIpc) is 2.97. The quantitative estimate of drug-likeness (QED) is 0.457. The summed E-state index contributed by atoms with van der Waals surface area (Å²) < 4.78 is 0. The molecule has 0 fully saturated rings. The summed E-state index contributed by atoms with van der Waals surface area (Å²) in [5.41, 5.74) is 5.29. The molecule has 3 atom stereocenters. The number of hydrogen-bond donors (Lipinski definition) is 1. The van der Waals surface area contributed by atoms with E-state index in [-0.39, 0.29) is 11.3 Å². The largest absolute Gasteiger partial charge is 0.354 e. The third-order valence-electron chi connectivity index (χ3n) is 5.66. The van der Waals surface area contributed by atoms with E-state index in [1.807, 2.05) is 18.2 Å². The summed E-state index contributed by atoms with van der Waals surface area (Å²) in [6.07, 6.45) is 2.62. The minimum atomic E-state index is -0.441. The monoisotopic (exact) mass is 334 g/mol. The van der Waals surface area contributed by atoms with Crippen LogP contribution in [0.4, 0.5) is 0 Å². The van der Waals surface area contributed by atoms with Crippen molar-refractivity contribution in [2.75, 3.05) is 0 Å². The highest BCUT2D eigenvalue weighted by Gasteiger charge is 2.45. The topological polar surface area (TPSA) is 39.6 Å². The predicted molar refractivity (Wildman–Crippen MR) is 101 cm³/mol. The molecular formula is C21H19ClN2. The first-order valence-electron chi connectivity index (χ1n) is 8.21. The van der Waals surface area contributed by atoms with Crippen LogP contribution >= 0.6 is 11.6 Å². The molecule has 0 radical (unpaired) electrons. The summed E-state index contributed by atoms with van der Waals surface area (Å²) in [5.74, 6) is -0.302. The molecule has 0 spiro atoms. The maximum Gasteiger partial charge on any atom is 0.0824 e. The molecule has 1 aliphatic rings. The molecule has 1 aliphatic carbocycles. The minimum absolute atomic E-state index is 0.130. The first-order valence-corrected chi connectivity index (χ1v) is 8.65. The van der Waals surface area contributed by atoms with Crippen molar-refractivity contribution in [2.24, 2.45) is 5.41 Å². The molecule has 1 aromatic heterocycles. The van der Waals surface area contributed by atoms with E-state index in [0.29, 0.717) is 0 Å². The lowest BCUT2D eigenvalue weighted by Crippen LogP contribution is -2.38. The molecule has 0 bridgehead atoms. The van der Waals surface area contributed by atoms with Gasteiger partial charge in [0.1, 0.15) is 0 Å². The van der Waals surface area contributed by atoms with Crippen LogP contribution < -0.4 is 0 Å². The number of aromatic nitrogens is 1. The Labute approximate surface area is 146 Å². The number of nitrogens with zero attached hydrogens (tertiary/aromatic N) is 1. The number of nitrogens with one attached hydrogen (secondary N) is 1. The number of H-pyrrole nitrogens is 1. The summed E-state index contributed by atoms with van der Waals surface area (Å²) in [7, 11) is 0. The molecular weight excluding hydrogens is 316 g/mol. The van der Waals surface area contributed by atoms with E-state index in [2.05, 4.69) is 49.7 Å². The van der Waals surface area contributed by atoms with Crippen LogP contribution in [-0.4, -0.2) is 10.4 Å². The van der Waals surface area contributed by atoms with Crippen LogP contribution in [0.15, 0.2) is 43.0 Å². The van der Waals surface area contributed by atoms with Crippen LogP contribution in [0.3, 0.4) is 0 Å². The molecule has 2 nitrogen and oxygen atoms in total. The molecule has 1 heterocycles. The van der Waals surface area contributed by atoms with E-state index >= 15 is 0 Å². The van der Waals surface area contributed by atoms with Gasteiger partial charge in [-0.05, 0) is 36.1 Å². The molecule has 0 saturated heterocycles.